The van der Waals surface area contributed by atoms with E-state index >= 15 is 0 Å². The van der Waals surface area contributed by atoms with Crippen molar-refractivity contribution in [3.05, 3.63) is 64.2 Å². The number of hydrogen-bond acceptors (Lipinski definition) is 5. The minimum Gasteiger partial charge on any atom is -0.493 e. The van der Waals surface area contributed by atoms with E-state index in [2.05, 4.69) is 0 Å². The van der Waals surface area contributed by atoms with Crippen molar-refractivity contribution in [1.29, 1.82) is 0 Å². The third-order valence-corrected chi connectivity index (χ3v) is 5.54. The van der Waals surface area contributed by atoms with Crippen molar-refractivity contribution in [3.8, 4) is 5.75 Å². The van der Waals surface area contributed by atoms with Gasteiger partial charge in [-0.2, -0.15) is 0 Å². The molecule has 29 heavy (non-hydrogen) atoms. The number of ketones is 2. The molecule has 0 bridgehead atoms. The zero-order chi connectivity index (χ0) is 20.2. The highest BCUT2D eigenvalue weighted by Gasteiger charge is 2.20. The van der Waals surface area contributed by atoms with Crippen LogP contribution in [0.5, 0.6) is 5.75 Å². The molecule has 2 aliphatic rings. The number of esters is 1. The van der Waals surface area contributed by atoms with Crippen LogP contribution in [-0.2, 0) is 28.8 Å². The molecule has 0 amide bonds. The number of carbonyl (C=O) groups is 3. The van der Waals surface area contributed by atoms with Crippen LogP contribution < -0.4 is 4.74 Å². The van der Waals surface area contributed by atoms with Crippen LogP contribution in [0.15, 0.2) is 36.4 Å². The molecule has 0 radical (unpaired) electrons. The summed E-state index contributed by atoms with van der Waals surface area (Å²) in [6.07, 6.45) is 4.25. The number of Topliss-reactive ketones (excluding diaryl/α,β-unsaturated/α-hetero) is 2. The molecule has 0 aliphatic heterocycles. The SMILES string of the molecule is O=C(CCc1ccc2c(c1)C(=O)CC2)OCCCOc1ccc2c(c1)C(=O)CC2. The number of benzene rings is 2. The summed E-state index contributed by atoms with van der Waals surface area (Å²) in [6.45, 7) is 0.721. The molecule has 2 aromatic carbocycles. The molecule has 0 heterocycles. The maximum Gasteiger partial charge on any atom is 0.306 e. The van der Waals surface area contributed by atoms with E-state index in [1.54, 1.807) is 6.07 Å². The summed E-state index contributed by atoms with van der Waals surface area (Å²) >= 11 is 0. The lowest BCUT2D eigenvalue weighted by Gasteiger charge is -2.09. The highest BCUT2D eigenvalue weighted by Crippen LogP contribution is 2.26. The van der Waals surface area contributed by atoms with Gasteiger partial charge in [-0.1, -0.05) is 18.2 Å². The average molecular weight is 392 g/mol. The van der Waals surface area contributed by atoms with E-state index in [4.69, 9.17) is 9.47 Å². The van der Waals surface area contributed by atoms with Gasteiger partial charge >= 0.3 is 5.97 Å². The van der Waals surface area contributed by atoms with Crippen LogP contribution in [-0.4, -0.2) is 30.7 Å². The Hall–Kier alpha value is -2.95. The van der Waals surface area contributed by atoms with Crippen LogP contribution in [0.1, 0.15) is 63.1 Å². The average Bonchev–Trinajstić information content (AvgIpc) is 3.29. The molecular formula is C24H24O5. The van der Waals surface area contributed by atoms with Gasteiger partial charge in [-0.05, 0) is 54.2 Å². The summed E-state index contributed by atoms with van der Waals surface area (Å²) in [5, 5.41) is 0. The van der Waals surface area contributed by atoms with Crippen molar-refractivity contribution in [1.82, 2.24) is 0 Å². The van der Waals surface area contributed by atoms with E-state index in [9.17, 15) is 14.4 Å². The summed E-state index contributed by atoms with van der Waals surface area (Å²) in [4.78, 5) is 35.5. The predicted octanol–water partition coefficient (Wildman–Crippen LogP) is 3.89. The maximum atomic E-state index is 11.9. The molecule has 0 spiro atoms. The number of rotatable bonds is 8. The Morgan fingerprint density at radius 1 is 0.828 bits per heavy atom. The first-order valence-corrected chi connectivity index (χ1v) is 10.2. The van der Waals surface area contributed by atoms with Gasteiger partial charge in [0.15, 0.2) is 11.6 Å². The fraction of sp³-hybridized carbons (Fsp3) is 0.375. The number of aryl methyl sites for hydroxylation is 3. The van der Waals surface area contributed by atoms with Gasteiger partial charge in [-0.3, -0.25) is 14.4 Å². The second-order valence-electron chi connectivity index (χ2n) is 7.58. The standard InChI is InChI=1S/C24H24O5/c25-22-9-6-17-4-2-16(14-20(17)22)3-11-24(27)29-13-1-12-28-19-8-5-18-7-10-23(26)21(18)15-19/h2,4-5,8,14-15H,1,3,6-7,9-13H2. The molecule has 0 N–H and O–H groups in total. The largest absolute Gasteiger partial charge is 0.493 e. The van der Waals surface area contributed by atoms with E-state index in [0.717, 1.165) is 40.7 Å². The lowest BCUT2D eigenvalue weighted by molar-refractivity contribution is -0.143. The fourth-order valence-electron chi connectivity index (χ4n) is 3.90. The molecule has 150 valence electrons. The van der Waals surface area contributed by atoms with E-state index in [1.165, 1.54) is 0 Å². The number of ether oxygens (including phenoxy) is 2. The highest BCUT2D eigenvalue weighted by molar-refractivity contribution is 6.01. The van der Waals surface area contributed by atoms with Crippen LogP contribution in [0.4, 0.5) is 0 Å². The molecule has 0 unspecified atom stereocenters. The van der Waals surface area contributed by atoms with E-state index in [1.807, 2.05) is 30.3 Å². The molecule has 2 aliphatic carbocycles. The summed E-state index contributed by atoms with van der Waals surface area (Å²) in [7, 11) is 0. The lowest BCUT2D eigenvalue weighted by atomic mass is 10.0. The number of hydrogen-bond donors (Lipinski definition) is 0. The highest BCUT2D eigenvalue weighted by atomic mass is 16.5. The van der Waals surface area contributed by atoms with Gasteiger partial charge in [-0.25, -0.2) is 0 Å². The van der Waals surface area contributed by atoms with Crippen LogP contribution >= 0.6 is 0 Å². The van der Waals surface area contributed by atoms with E-state index in [-0.39, 0.29) is 17.5 Å². The Bertz CT molecular complexity index is 960. The quantitative estimate of drug-likeness (QED) is 0.504. The number of fused-ring (bicyclic) bond motifs is 2. The monoisotopic (exact) mass is 392 g/mol. The van der Waals surface area contributed by atoms with Crippen molar-refractivity contribution in [2.75, 3.05) is 13.2 Å². The predicted molar refractivity (Wildman–Crippen MR) is 108 cm³/mol. The molecule has 0 fully saturated rings. The van der Waals surface area contributed by atoms with Gasteiger partial charge in [0.05, 0.1) is 13.2 Å². The van der Waals surface area contributed by atoms with Crippen molar-refractivity contribution < 1.29 is 23.9 Å². The van der Waals surface area contributed by atoms with Crippen LogP contribution in [0.25, 0.3) is 0 Å². The zero-order valence-electron chi connectivity index (χ0n) is 16.4. The van der Waals surface area contributed by atoms with Gasteiger partial charge in [0, 0.05) is 36.8 Å². The Balaban J connectivity index is 1.15. The molecule has 0 saturated heterocycles. The van der Waals surface area contributed by atoms with Gasteiger partial charge in [0.25, 0.3) is 0 Å². The first kappa shape index (κ1) is 19.4. The van der Waals surface area contributed by atoms with Gasteiger partial charge in [0.1, 0.15) is 5.75 Å². The summed E-state index contributed by atoms with van der Waals surface area (Å²) in [5.74, 6) is 0.792. The van der Waals surface area contributed by atoms with Crippen molar-refractivity contribution in [3.63, 3.8) is 0 Å². The number of carbonyl (C=O) groups excluding carboxylic acids is 3. The minimum absolute atomic E-state index is 0.173. The molecule has 0 saturated carbocycles. The Morgan fingerprint density at radius 3 is 2.28 bits per heavy atom. The fourth-order valence-corrected chi connectivity index (χ4v) is 3.90. The van der Waals surface area contributed by atoms with Crippen LogP contribution in [0.2, 0.25) is 0 Å². The molecule has 0 atom stereocenters. The molecular weight excluding hydrogens is 368 g/mol. The van der Waals surface area contributed by atoms with Crippen LogP contribution in [0, 0.1) is 0 Å². The Labute approximate surface area is 170 Å². The normalized spacial score (nSPS) is 14.6. The summed E-state index contributed by atoms with van der Waals surface area (Å²) < 4.78 is 10.9. The first-order chi connectivity index (χ1) is 14.1. The maximum absolute atomic E-state index is 11.9. The minimum atomic E-state index is -0.250. The molecule has 0 aromatic heterocycles. The zero-order valence-corrected chi connectivity index (χ0v) is 16.4. The molecule has 4 rings (SSSR count). The first-order valence-electron chi connectivity index (χ1n) is 10.2. The second kappa shape index (κ2) is 8.60. The smallest absolute Gasteiger partial charge is 0.306 e. The van der Waals surface area contributed by atoms with Crippen molar-refractivity contribution in [2.24, 2.45) is 0 Å². The third kappa shape index (κ3) is 4.56. The topological polar surface area (TPSA) is 69.7 Å². The third-order valence-electron chi connectivity index (χ3n) is 5.54. The van der Waals surface area contributed by atoms with E-state index < -0.39 is 0 Å². The lowest BCUT2D eigenvalue weighted by Crippen LogP contribution is -2.10. The van der Waals surface area contributed by atoms with Crippen molar-refractivity contribution in [2.45, 2.75) is 44.9 Å². The molecule has 2 aromatic rings. The molecule has 5 nitrogen and oxygen atoms in total. The summed E-state index contributed by atoms with van der Waals surface area (Å²) in [6, 6.07) is 11.5. The van der Waals surface area contributed by atoms with Gasteiger partial charge in [-0.15, -0.1) is 0 Å². The van der Waals surface area contributed by atoms with Gasteiger partial charge in [0.2, 0.25) is 0 Å². The summed E-state index contributed by atoms with van der Waals surface area (Å²) in [5.41, 5.74) is 4.76. The van der Waals surface area contributed by atoms with Crippen LogP contribution in [0.3, 0.4) is 0 Å². The molecule has 5 heteroatoms. The van der Waals surface area contributed by atoms with E-state index in [0.29, 0.717) is 51.1 Å². The Morgan fingerprint density at radius 2 is 1.52 bits per heavy atom. The van der Waals surface area contributed by atoms with Gasteiger partial charge < -0.3 is 9.47 Å². The van der Waals surface area contributed by atoms with Crippen molar-refractivity contribution >= 4 is 17.5 Å². The second-order valence-corrected chi connectivity index (χ2v) is 7.58. The Kier molecular flexibility index (Phi) is 5.74.